The highest BCUT2D eigenvalue weighted by atomic mass is 16.5. The molecule has 0 aromatic rings. The number of amides is 1. The van der Waals surface area contributed by atoms with Gasteiger partial charge in [-0.2, -0.15) is 0 Å². The van der Waals surface area contributed by atoms with Crippen LogP contribution in [0.15, 0.2) is 11.3 Å². The lowest BCUT2D eigenvalue weighted by Gasteiger charge is -2.34. The van der Waals surface area contributed by atoms with Crippen molar-refractivity contribution in [2.75, 3.05) is 20.8 Å². The lowest BCUT2D eigenvalue weighted by Crippen LogP contribution is -2.46. The van der Waals surface area contributed by atoms with Crippen LogP contribution in [-0.2, 0) is 28.7 Å². The molecule has 0 aliphatic carbocycles. The minimum atomic E-state index is -1.15. The number of ether oxygens (including phenoxy) is 2. The van der Waals surface area contributed by atoms with Gasteiger partial charge in [0, 0.05) is 6.54 Å². The number of esters is 2. The molecule has 1 atom stereocenters. The van der Waals surface area contributed by atoms with Crippen LogP contribution in [0, 0.1) is 11.8 Å². The van der Waals surface area contributed by atoms with Crippen molar-refractivity contribution >= 4 is 23.8 Å². The first-order valence-electron chi connectivity index (χ1n) is 7.15. The summed E-state index contributed by atoms with van der Waals surface area (Å²) in [5.41, 5.74) is -0.203. The quantitative estimate of drug-likeness (QED) is 0.710. The Bertz CT molecular complexity index is 550. The van der Waals surface area contributed by atoms with Crippen molar-refractivity contribution in [3.63, 3.8) is 0 Å². The Morgan fingerprint density at radius 3 is 2.22 bits per heavy atom. The van der Waals surface area contributed by atoms with Crippen molar-refractivity contribution in [3.05, 3.63) is 11.3 Å². The molecular weight excluding hydrogens is 306 g/mol. The van der Waals surface area contributed by atoms with Gasteiger partial charge in [0.25, 0.3) is 0 Å². The Labute approximate surface area is 134 Å². The maximum Gasteiger partial charge on any atom is 0.355 e. The van der Waals surface area contributed by atoms with E-state index in [1.165, 1.54) is 0 Å². The second-order valence-electron chi connectivity index (χ2n) is 5.65. The van der Waals surface area contributed by atoms with Gasteiger partial charge in [-0.15, -0.1) is 0 Å². The SMILES string of the molecule is COC(=O)C1=C(C(=O)OC)N(CC(C)C)C(=O)C(CC(=O)O)C1. The van der Waals surface area contributed by atoms with Crippen molar-refractivity contribution in [1.29, 1.82) is 0 Å². The lowest BCUT2D eigenvalue weighted by atomic mass is 9.88. The zero-order chi connectivity index (χ0) is 17.7. The van der Waals surface area contributed by atoms with E-state index in [1.807, 2.05) is 13.8 Å². The van der Waals surface area contributed by atoms with Crippen molar-refractivity contribution in [3.8, 4) is 0 Å². The molecule has 1 heterocycles. The molecule has 23 heavy (non-hydrogen) atoms. The smallest absolute Gasteiger partial charge is 0.355 e. The third-order valence-electron chi connectivity index (χ3n) is 3.40. The molecule has 1 N–H and O–H groups in total. The fraction of sp³-hybridized carbons (Fsp3) is 0.600. The van der Waals surface area contributed by atoms with Crippen LogP contribution in [0.4, 0.5) is 0 Å². The number of hydrogen-bond donors (Lipinski definition) is 1. The summed E-state index contributed by atoms with van der Waals surface area (Å²) in [5, 5.41) is 8.96. The molecule has 0 fully saturated rings. The summed E-state index contributed by atoms with van der Waals surface area (Å²) < 4.78 is 9.34. The summed E-state index contributed by atoms with van der Waals surface area (Å²) in [4.78, 5) is 48.7. The molecule has 1 rings (SSSR count). The van der Waals surface area contributed by atoms with Crippen molar-refractivity contribution in [2.45, 2.75) is 26.7 Å². The van der Waals surface area contributed by atoms with E-state index >= 15 is 0 Å². The molecule has 8 heteroatoms. The average Bonchev–Trinajstić information content (AvgIpc) is 2.48. The number of carboxylic acid groups (broad SMARTS) is 1. The van der Waals surface area contributed by atoms with Gasteiger partial charge in [0.2, 0.25) is 5.91 Å². The molecule has 1 unspecified atom stereocenters. The topological polar surface area (TPSA) is 110 Å². The summed E-state index contributed by atoms with van der Waals surface area (Å²) in [5.74, 6) is -4.18. The highest BCUT2D eigenvalue weighted by molar-refractivity contribution is 6.05. The summed E-state index contributed by atoms with van der Waals surface area (Å²) in [6.45, 7) is 3.83. The maximum absolute atomic E-state index is 12.6. The predicted octanol–water partition coefficient (Wildman–Crippen LogP) is 0.566. The van der Waals surface area contributed by atoms with Gasteiger partial charge in [0.1, 0.15) is 5.70 Å². The van der Waals surface area contributed by atoms with Crippen LogP contribution in [0.1, 0.15) is 26.7 Å². The predicted molar refractivity (Wildman–Crippen MR) is 78.0 cm³/mol. The largest absolute Gasteiger partial charge is 0.481 e. The monoisotopic (exact) mass is 327 g/mol. The van der Waals surface area contributed by atoms with Gasteiger partial charge >= 0.3 is 17.9 Å². The second-order valence-corrected chi connectivity index (χ2v) is 5.65. The third-order valence-corrected chi connectivity index (χ3v) is 3.40. The highest BCUT2D eigenvalue weighted by Crippen LogP contribution is 2.31. The molecule has 0 radical (unpaired) electrons. The van der Waals surface area contributed by atoms with Crippen LogP contribution in [-0.4, -0.2) is 54.6 Å². The van der Waals surface area contributed by atoms with Crippen LogP contribution in [0.3, 0.4) is 0 Å². The van der Waals surface area contributed by atoms with Crippen LogP contribution in [0.5, 0.6) is 0 Å². The number of nitrogens with zero attached hydrogens (tertiary/aromatic N) is 1. The van der Waals surface area contributed by atoms with Gasteiger partial charge in [0.15, 0.2) is 0 Å². The first-order valence-corrected chi connectivity index (χ1v) is 7.15. The Morgan fingerprint density at radius 1 is 1.22 bits per heavy atom. The third kappa shape index (κ3) is 4.30. The lowest BCUT2D eigenvalue weighted by molar-refractivity contribution is -0.149. The standard InChI is InChI=1S/C15H21NO7/c1-8(2)7-16-12(15(21)23-4)10(14(20)22-3)5-9(13(16)19)6-11(17)18/h8-9H,5-7H2,1-4H3,(H,17,18). The van der Waals surface area contributed by atoms with Gasteiger partial charge in [0.05, 0.1) is 32.1 Å². The number of carbonyl (C=O) groups excluding carboxylic acids is 3. The van der Waals surface area contributed by atoms with Crippen molar-refractivity contribution < 1.29 is 33.8 Å². The Hall–Kier alpha value is -2.38. The summed E-state index contributed by atoms with van der Waals surface area (Å²) in [7, 11) is 2.30. The molecule has 1 aliphatic rings. The Morgan fingerprint density at radius 2 is 1.78 bits per heavy atom. The number of carboxylic acids is 1. The van der Waals surface area contributed by atoms with E-state index < -0.39 is 36.2 Å². The van der Waals surface area contributed by atoms with Crippen molar-refractivity contribution in [1.82, 2.24) is 4.90 Å². The minimum absolute atomic E-state index is 0.00100. The van der Waals surface area contributed by atoms with Crippen molar-refractivity contribution in [2.24, 2.45) is 11.8 Å². The molecule has 0 bridgehead atoms. The summed E-state index contributed by atoms with van der Waals surface area (Å²) in [6, 6.07) is 0. The van der Waals surface area contributed by atoms with Gasteiger partial charge in [-0.25, -0.2) is 9.59 Å². The zero-order valence-electron chi connectivity index (χ0n) is 13.6. The van der Waals surface area contributed by atoms with Crippen LogP contribution in [0.2, 0.25) is 0 Å². The van der Waals surface area contributed by atoms with Gasteiger partial charge < -0.3 is 19.5 Å². The molecule has 0 aromatic heterocycles. The molecule has 128 valence electrons. The molecule has 0 saturated carbocycles. The fourth-order valence-electron chi connectivity index (χ4n) is 2.47. The van der Waals surface area contributed by atoms with Gasteiger partial charge in [-0.3, -0.25) is 9.59 Å². The van der Waals surface area contributed by atoms with Crippen LogP contribution in [0.25, 0.3) is 0 Å². The van der Waals surface area contributed by atoms with Crippen LogP contribution < -0.4 is 0 Å². The molecule has 8 nitrogen and oxygen atoms in total. The average molecular weight is 327 g/mol. The van der Waals surface area contributed by atoms with E-state index in [0.29, 0.717) is 0 Å². The van der Waals surface area contributed by atoms with E-state index in [0.717, 1.165) is 19.1 Å². The fourth-order valence-corrected chi connectivity index (χ4v) is 2.47. The maximum atomic E-state index is 12.6. The number of hydrogen-bond acceptors (Lipinski definition) is 6. The first-order chi connectivity index (χ1) is 10.7. The second kappa shape index (κ2) is 7.75. The molecule has 0 spiro atoms. The van der Waals surface area contributed by atoms with Gasteiger partial charge in [-0.05, 0) is 12.3 Å². The highest BCUT2D eigenvalue weighted by Gasteiger charge is 2.41. The molecule has 1 aliphatic heterocycles. The minimum Gasteiger partial charge on any atom is -0.481 e. The Balaban J connectivity index is 3.42. The molecule has 0 aromatic carbocycles. The summed E-state index contributed by atoms with van der Waals surface area (Å²) in [6.07, 6.45) is -0.598. The molecule has 0 saturated heterocycles. The molecular formula is C15H21NO7. The van der Waals surface area contributed by atoms with Gasteiger partial charge in [-0.1, -0.05) is 13.8 Å². The molecule has 1 amide bonds. The van der Waals surface area contributed by atoms with E-state index in [2.05, 4.69) is 9.47 Å². The van der Waals surface area contributed by atoms with Crippen LogP contribution >= 0.6 is 0 Å². The van der Waals surface area contributed by atoms with E-state index in [-0.39, 0.29) is 30.2 Å². The number of methoxy groups -OCH3 is 2. The normalized spacial score (nSPS) is 18.2. The van der Waals surface area contributed by atoms with E-state index in [4.69, 9.17) is 5.11 Å². The number of aliphatic carboxylic acids is 1. The Kier molecular flexibility index (Phi) is 6.29. The number of rotatable bonds is 6. The zero-order valence-corrected chi connectivity index (χ0v) is 13.6. The summed E-state index contributed by atoms with van der Waals surface area (Å²) >= 11 is 0. The first kappa shape index (κ1) is 18.7. The van der Waals surface area contributed by atoms with E-state index in [1.54, 1.807) is 0 Å². The van der Waals surface area contributed by atoms with E-state index in [9.17, 15) is 19.2 Å². The number of carbonyl (C=O) groups is 4.